The molecular weight excluding hydrogens is 286 g/mol. The van der Waals surface area contributed by atoms with Crippen LogP contribution in [0.1, 0.15) is 19.8 Å². The summed E-state index contributed by atoms with van der Waals surface area (Å²) >= 11 is 0. The molecule has 116 valence electrons. The number of carbonyl (C=O) groups is 5. The maximum absolute atomic E-state index is 12.0. The van der Waals surface area contributed by atoms with Gasteiger partial charge in [0.15, 0.2) is 0 Å². The normalized spacial score (nSPS) is 19.7. The average molecular weight is 301 g/mol. The minimum atomic E-state index is -1.65. The van der Waals surface area contributed by atoms with Crippen LogP contribution in [-0.2, 0) is 19.2 Å². The molecule has 0 aromatic rings. The average Bonchev–Trinajstić information content (AvgIpc) is 2.36. The first-order valence-corrected chi connectivity index (χ1v) is 6.11. The molecule has 1 rings (SSSR count). The number of rotatable bonds is 5. The van der Waals surface area contributed by atoms with Gasteiger partial charge in [-0.3, -0.25) is 19.7 Å². The molecule has 1 saturated heterocycles. The lowest BCUT2D eigenvalue weighted by molar-refractivity contribution is -0.145. The van der Waals surface area contributed by atoms with E-state index in [2.05, 4.69) is 5.32 Å². The molecule has 21 heavy (non-hydrogen) atoms. The van der Waals surface area contributed by atoms with Gasteiger partial charge in [0.2, 0.25) is 11.8 Å². The van der Waals surface area contributed by atoms with Crippen LogP contribution < -0.4 is 10.6 Å². The molecule has 1 heterocycles. The molecular formula is C11H15N3O7. The fourth-order valence-corrected chi connectivity index (χ4v) is 1.89. The predicted molar refractivity (Wildman–Crippen MR) is 66.1 cm³/mol. The van der Waals surface area contributed by atoms with E-state index in [0.29, 0.717) is 0 Å². The third kappa shape index (κ3) is 4.16. The Labute approximate surface area is 119 Å². The van der Waals surface area contributed by atoms with E-state index >= 15 is 0 Å². The fourth-order valence-electron chi connectivity index (χ4n) is 1.89. The lowest BCUT2D eigenvalue weighted by Gasteiger charge is -2.33. The van der Waals surface area contributed by atoms with Crippen LogP contribution in [0.4, 0.5) is 4.79 Å². The Hall–Kier alpha value is -2.65. The van der Waals surface area contributed by atoms with Gasteiger partial charge in [-0.25, -0.2) is 9.59 Å². The second kappa shape index (κ2) is 6.68. The molecule has 0 saturated carbocycles. The Morgan fingerprint density at radius 2 is 2.00 bits per heavy atom. The SMILES string of the molecule is CCC1C(=O)NC(=O)CN1C(=O)N[C@H](CC(=O)O)C(=O)O. The molecule has 1 fully saturated rings. The Kier molecular flexibility index (Phi) is 5.22. The molecule has 10 nitrogen and oxygen atoms in total. The number of nitrogens with zero attached hydrogens (tertiary/aromatic N) is 1. The molecule has 0 aromatic heterocycles. The van der Waals surface area contributed by atoms with Gasteiger partial charge in [0.05, 0.1) is 6.42 Å². The lowest BCUT2D eigenvalue weighted by atomic mass is 10.1. The van der Waals surface area contributed by atoms with Crippen molar-refractivity contribution in [3.8, 4) is 0 Å². The first kappa shape index (κ1) is 16.4. The molecule has 1 unspecified atom stereocenters. The van der Waals surface area contributed by atoms with Crippen molar-refractivity contribution in [1.29, 1.82) is 0 Å². The maximum atomic E-state index is 12.0. The van der Waals surface area contributed by atoms with Crippen molar-refractivity contribution < 1.29 is 34.2 Å². The van der Waals surface area contributed by atoms with Crippen LogP contribution in [0.3, 0.4) is 0 Å². The Bertz CT molecular complexity index is 490. The quantitative estimate of drug-likeness (QED) is 0.444. The molecule has 2 atom stereocenters. The van der Waals surface area contributed by atoms with Crippen LogP contribution in [0.2, 0.25) is 0 Å². The minimum Gasteiger partial charge on any atom is -0.481 e. The summed E-state index contributed by atoms with van der Waals surface area (Å²) in [6, 6.07) is -3.53. The van der Waals surface area contributed by atoms with Crippen molar-refractivity contribution in [2.75, 3.05) is 6.54 Å². The van der Waals surface area contributed by atoms with Gasteiger partial charge in [0.25, 0.3) is 0 Å². The Morgan fingerprint density at radius 3 is 2.48 bits per heavy atom. The maximum Gasteiger partial charge on any atom is 0.326 e. The monoisotopic (exact) mass is 301 g/mol. The first-order chi connectivity index (χ1) is 9.76. The van der Waals surface area contributed by atoms with E-state index in [1.807, 2.05) is 5.32 Å². The highest BCUT2D eigenvalue weighted by molar-refractivity contribution is 6.04. The lowest BCUT2D eigenvalue weighted by Crippen LogP contribution is -2.62. The fraction of sp³-hybridized carbons (Fsp3) is 0.545. The highest BCUT2D eigenvalue weighted by Crippen LogP contribution is 2.10. The van der Waals surface area contributed by atoms with Gasteiger partial charge in [0, 0.05) is 0 Å². The zero-order chi connectivity index (χ0) is 16.2. The number of urea groups is 1. The minimum absolute atomic E-state index is 0.225. The van der Waals surface area contributed by atoms with E-state index in [9.17, 15) is 24.0 Å². The van der Waals surface area contributed by atoms with Gasteiger partial charge in [-0.15, -0.1) is 0 Å². The number of hydrogen-bond donors (Lipinski definition) is 4. The third-order valence-corrected chi connectivity index (χ3v) is 2.88. The number of piperazine rings is 1. The smallest absolute Gasteiger partial charge is 0.326 e. The topological polar surface area (TPSA) is 153 Å². The van der Waals surface area contributed by atoms with Gasteiger partial charge >= 0.3 is 18.0 Å². The molecule has 4 amide bonds. The van der Waals surface area contributed by atoms with Gasteiger partial charge in [0.1, 0.15) is 18.6 Å². The summed E-state index contributed by atoms with van der Waals surface area (Å²) in [5.41, 5.74) is 0. The molecule has 1 aliphatic rings. The highest BCUT2D eigenvalue weighted by atomic mass is 16.4. The van der Waals surface area contributed by atoms with E-state index in [1.165, 1.54) is 0 Å². The number of carboxylic acid groups (broad SMARTS) is 2. The summed E-state index contributed by atoms with van der Waals surface area (Å²) in [5, 5.41) is 21.5. The highest BCUT2D eigenvalue weighted by Gasteiger charge is 2.37. The van der Waals surface area contributed by atoms with Crippen molar-refractivity contribution in [2.24, 2.45) is 0 Å². The van der Waals surface area contributed by atoms with Crippen LogP contribution in [0.15, 0.2) is 0 Å². The van der Waals surface area contributed by atoms with Crippen molar-refractivity contribution in [2.45, 2.75) is 31.8 Å². The largest absolute Gasteiger partial charge is 0.481 e. The molecule has 0 radical (unpaired) electrons. The van der Waals surface area contributed by atoms with Gasteiger partial charge in [-0.1, -0.05) is 6.92 Å². The molecule has 4 N–H and O–H groups in total. The summed E-state index contributed by atoms with van der Waals surface area (Å²) in [6.07, 6.45) is -0.588. The van der Waals surface area contributed by atoms with Crippen molar-refractivity contribution >= 4 is 29.8 Å². The summed E-state index contributed by atoms with van der Waals surface area (Å²) in [6.45, 7) is 1.21. The number of hydrogen-bond acceptors (Lipinski definition) is 5. The number of carbonyl (C=O) groups excluding carboxylic acids is 3. The zero-order valence-electron chi connectivity index (χ0n) is 11.2. The van der Waals surface area contributed by atoms with Crippen LogP contribution in [0, 0.1) is 0 Å². The number of carboxylic acids is 2. The van der Waals surface area contributed by atoms with Crippen LogP contribution in [0.25, 0.3) is 0 Å². The molecule has 10 heteroatoms. The van der Waals surface area contributed by atoms with Gasteiger partial charge < -0.3 is 20.4 Å². The van der Waals surface area contributed by atoms with Crippen molar-refractivity contribution in [3.63, 3.8) is 0 Å². The van der Waals surface area contributed by atoms with E-state index in [0.717, 1.165) is 4.90 Å². The molecule has 1 aliphatic heterocycles. The van der Waals surface area contributed by atoms with Gasteiger partial charge in [-0.2, -0.15) is 0 Å². The van der Waals surface area contributed by atoms with Crippen LogP contribution in [-0.4, -0.2) is 63.5 Å². The van der Waals surface area contributed by atoms with Gasteiger partial charge in [-0.05, 0) is 6.42 Å². The Balaban J connectivity index is 2.83. The van der Waals surface area contributed by atoms with Crippen LogP contribution >= 0.6 is 0 Å². The van der Waals surface area contributed by atoms with Crippen LogP contribution in [0.5, 0.6) is 0 Å². The predicted octanol–water partition coefficient (Wildman–Crippen LogP) is -1.64. The second-order valence-corrected chi connectivity index (χ2v) is 4.40. The van der Waals surface area contributed by atoms with E-state index < -0.39 is 54.8 Å². The number of amides is 4. The Morgan fingerprint density at radius 1 is 1.38 bits per heavy atom. The molecule has 0 bridgehead atoms. The molecule has 0 spiro atoms. The van der Waals surface area contributed by atoms with E-state index in [4.69, 9.17) is 10.2 Å². The zero-order valence-corrected chi connectivity index (χ0v) is 11.2. The van der Waals surface area contributed by atoms with E-state index in [1.54, 1.807) is 6.92 Å². The number of aliphatic carboxylic acids is 2. The molecule has 0 aromatic carbocycles. The number of nitrogens with one attached hydrogen (secondary N) is 2. The van der Waals surface area contributed by atoms with Crippen molar-refractivity contribution in [1.82, 2.24) is 15.5 Å². The number of imide groups is 1. The molecule has 0 aliphatic carbocycles. The van der Waals surface area contributed by atoms with E-state index in [-0.39, 0.29) is 6.42 Å². The summed E-state index contributed by atoms with van der Waals surface area (Å²) in [4.78, 5) is 57.2. The third-order valence-electron chi connectivity index (χ3n) is 2.88. The summed E-state index contributed by atoms with van der Waals surface area (Å²) in [5.74, 6) is -4.27. The second-order valence-electron chi connectivity index (χ2n) is 4.40. The first-order valence-electron chi connectivity index (χ1n) is 6.11. The summed E-state index contributed by atoms with van der Waals surface area (Å²) < 4.78 is 0. The standard InChI is InChI=1S/C11H15N3O7/c1-2-6-9(18)13-7(15)4-14(6)11(21)12-5(10(19)20)3-8(16)17/h5-6H,2-4H2,1H3,(H,12,21)(H,16,17)(H,19,20)(H,13,15,18)/t5-,6?/m1/s1. The van der Waals surface area contributed by atoms with Crippen molar-refractivity contribution in [3.05, 3.63) is 0 Å². The summed E-state index contributed by atoms with van der Waals surface area (Å²) in [7, 11) is 0.